The van der Waals surface area contributed by atoms with Crippen LogP contribution in [0.25, 0.3) is 0 Å². The highest BCUT2D eigenvalue weighted by molar-refractivity contribution is 6.04. The van der Waals surface area contributed by atoms with Crippen LogP contribution in [0.4, 0.5) is 17.1 Å². The number of carbonyl (C=O) groups excluding carboxylic acids is 1. The van der Waals surface area contributed by atoms with Crippen molar-refractivity contribution in [3.8, 4) is 0 Å². The highest BCUT2D eigenvalue weighted by Crippen LogP contribution is 2.25. The van der Waals surface area contributed by atoms with E-state index in [1.165, 1.54) is 0 Å². The number of hydrogen-bond acceptors (Lipinski definition) is 5. The van der Waals surface area contributed by atoms with Crippen LogP contribution in [-0.2, 0) is 0 Å². The lowest BCUT2D eigenvalue weighted by Gasteiger charge is -2.09. The van der Waals surface area contributed by atoms with E-state index in [4.69, 9.17) is 0 Å². The first-order valence-corrected chi connectivity index (χ1v) is 7.73. The summed E-state index contributed by atoms with van der Waals surface area (Å²) in [5.41, 5.74) is 3.75. The van der Waals surface area contributed by atoms with Gasteiger partial charge in [-0.1, -0.05) is 0 Å². The summed E-state index contributed by atoms with van der Waals surface area (Å²) < 4.78 is 0. The van der Waals surface area contributed by atoms with Gasteiger partial charge in [-0.2, -0.15) is 0 Å². The van der Waals surface area contributed by atoms with Crippen LogP contribution in [0.1, 0.15) is 15.9 Å². The first-order chi connectivity index (χ1) is 12.2. The number of pyridine rings is 2. The number of benzene rings is 1. The number of anilines is 2. The molecule has 6 nitrogen and oxygen atoms in total. The van der Waals surface area contributed by atoms with Crippen LogP contribution in [0.15, 0.2) is 72.2 Å². The molecular formula is C19H17N5O. The molecular weight excluding hydrogens is 314 g/mol. The summed E-state index contributed by atoms with van der Waals surface area (Å²) >= 11 is 0. The minimum Gasteiger partial charge on any atom is -0.388 e. The van der Waals surface area contributed by atoms with E-state index in [2.05, 4.69) is 25.6 Å². The maximum atomic E-state index is 12.3. The zero-order chi connectivity index (χ0) is 17.5. The van der Waals surface area contributed by atoms with Gasteiger partial charge < -0.3 is 10.6 Å². The molecule has 0 bridgehead atoms. The standard InChI is InChI=1S/C19H17N5O/c1-20-16-10-17(23-13-14-2-6-21-7-3-14)12-18(11-16)24-19(25)15-4-8-22-9-5-15/h2-13,20H,1H3,(H,24,25). The first-order valence-electron chi connectivity index (χ1n) is 7.73. The van der Waals surface area contributed by atoms with Crippen LogP contribution in [0.2, 0.25) is 0 Å². The van der Waals surface area contributed by atoms with Crippen molar-refractivity contribution >= 4 is 29.2 Å². The molecule has 0 spiro atoms. The van der Waals surface area contributed by atoms with Gasteiger partial charge in [0.2, 0.25) is 0 Å². The largest absolute Gasteiger partial charge is 0.388 e. The smallest absolute Gasteiger partial charge is 0.255 e. The molecule has 0 atom stereocenters. The van der Waals surface area contributed by atoms with Crippen molar-refractivity contribution in [2.45, 2.75) is 0 Å². The van der Waals surface area contributed by atoms with Gasteiger partial charge in [0.1, 0.15) is 0 Å². The van der Waals surface area contributed by atoms with Crippen LogP contribution in [0.3, 0.4) is 0 Å². The maximum Gasteiger partial charge on any atom is 0.255 e. The Morgan fingerprint density at radius 2 is 1.60 bits per heavy atom. The van der Waals surface area contributed by atoms with E-state index in [1.54, 1.807) is 43.1 Å². The Morgan fingerprint density at radius 3 is 2.28 bits per heavy atom. The third-order valence-corrected chi connectivity index (χ3v) is 3.48. The third-order valence-electron chi connectivity index (χ3n) is 3.48. The fourth-order valence-electron chi connectivity index (χ4n) is 2.21. The predicted octanol–water partition coefficient (Wildman–Crippen LogP) is 3.52. The topological polar surface area (TPSA) is 79.3 Å². The molecule has 3 rings (SSSR count). The van der Waals surface area contributed by atoms with Crippen LogP contribution in [-0.4, -0.2) is 29.1 Å². The Labute approximate surface area is 145 Å². The number of amides is 1. The van der Waals surface area contributed by atoms with Gasteiger partial charge in [-0.05, 0) is 48.0 Å². The van der Waals surface area contributed by atoms with Crippen molar-refractivity contribution in [3.63, 3.8) is 0 Å². The van der Waals surface area contributed by atoms with Crippen molar-refractivity contribution < 1.29 is 4.79 Å². The van der Waals surface area contributed by atoms with Gasteiger partial charge in [0, 0.05) is 55.0 Å². The van der Waals surface area contributed by atoms with E-state index >= 15 is 0 Å². The van der Waals surface area contributed by atoms with E-state index in [9.17, 15) is 4.79 Å². The zero-order valence-electron chi connectivity index (χ0n) is 13.7. The molecule has 6 heteroatoms. The second-order valence-electron chi connectivity index (χ2n) is 5.25. The summed E-state index contributed by atoms with van der Waals surface area (Å²) in [6, 6.07) is 12.6. The molecule has 2 heterocycles. The molecule has 0 radical (unpaired) electrons. The number of nitrogens with zero attached hydrogens (tertiary/aromatic N) is 3. The summed E-state index contributed by atoms with van der Waals surface area (Å²) in [6.45, 7) is 0. The van der Waals surface area contributed by atoms with E-state index in [0.717, 1.165) is 16.9 Å². The zero-order valence-corrected chi connectivity index (χ0v) is 13.7. The molecule has 124 valence electrons. The average Bonchev–Trinajstić information content (AvgIpc) is 2.67. The van der Waals surface area contributed by atoms with Gasteiger partial charge in [-0.3, -0.25) is 19.8 Å². The van der Waals surface area contributed by atoms with Crippen molar-refractivity contribution in [2.24, 2.45) is 4.99 Å². The van der Waals surface area contributed by atoms with E-state index in [0.29, 0.717) is 11.3 Å². The van der Waals surface area contributed by atoms with Gasteiger partial charge in [-0.25, -0.2) is 0 Å². The molecule has 2 aromatic heterocycles. The summed E-state index contributed by atoms with van der Waals surface area (Å²) in [6.07, 6.45) is 8.36. The predicted molar refractivity (Wildman–Crippen MR) is 99.7 cm³/mol. The molecule has 2 N–H and O–H groups in total. The average molecular weight is 331 g/mol. The molecule has 3 aromatic rings. The maximum absolute atomic E-state index is 12.3. The number of aliphatic imine (C=N–C) groups is 1. The summed E-state index contributed by atoms with van der Waals surface area (Å²) in [5, 5.41) is 5.95. The quantitative estimate of drug-likeness (QED) is 0.701. The number of hydrogen-bond donors (Lipinski definition) is 2. The number of aromatic nitrogens is 2. The van der Waals surface area contributed by atoms with Crippen molar-refractivity contribution in [1.29, 1.82) is 0 Å². The lowest BCUT2D eigenvalue weighted by Crippen LogP contribution is -2.11. The molecule has 0 unspecified atom stereocenters. The molecule has 0 saturated carbocycles. The van der Waals surface area contributed by atoms with Crippen LogP contribution < -0.4 is 10.6 Å². The van der Waals surface area contributed by atoms with Crippen LogP contribution in [0.5, 0.6) is 0 Å². The second-order valence-corrected chi connectivity index (χ2v) is 5.25. The molecule has 1 amide bonds. The Bertz CT molecular complexity index is 879. The molecule has 1 aromatic carbocycles. The van der Waals surface area contributed by atoms with Gasteiger partial charge in [0.15, 0.2) is 0 Å². The fourth-order valence-corrected chi connectivity index (χ4v) is 2.21. The van der Waals surface area contributed by atoms with Gasteiger partial charge >= 0.3 is 0 Å². The lowest BCUT2D eigenvalue weighted by atomic mass is 10.2. The van der Waals surface area contributed by atoms with Crippen molar-refractivity contribution in [3.05, 3.63) is 78.4 Å². The normalized spacial score (nSPS) is 10.6. The first kappa shape index (κ1) is 16.3. The second kappa shape index (κ2) is 7.83. The van der Waals surface area contributed by atoms with Gasteiger partial charge in [0.25, 0.3) is 5.91 Å². The highest BCUT2D eigenvalue weighted by atomic mass is 16.1. The van der Waals surface area contributed by atoms with E-state index in [-0.39, 0.29) is 5.91 Å². The Morgan fingerprint density at radius 1 is 0.960 bits per heavy atom. The Kier molecular flexibility index (Phi) is 5.11. The molecule has 0 aliphatic heterocycles. The van der Waals surface area contributed by atoms with Crippen LogP contribution >= 0.6 is 0 Å². The monoisotopic (exact) mass is 331 g/mol. The van der Waals surface area contributed by atoms with Crippen molar-refractivity contribution in [1.82, 2.24) is 9.97 Å². The summed E-state index contributed by atoms with van der Waals surface area (Å²) in [5.74, 6) is -0.195. The third kappa shape index (κ3) is 4.48. The number of nitrogens with one attached hydrogen (secondary N) is 2. The van der Waals surface area contributed by atoms with Crippen LogP contribution in [0, 0.1) is 0 Å². The molecule has 0 aliphatic rings. The summed E-state index contributed by atoms with van der Waals surface area (Å²) in [7, 11) is 1.82. The van der Waals surface area contributed by atoms with Crippen molar-refractivity contribution in [2.75, 3.05) is 17.7 Å². The van der Waals surface area contributed by atoms with E-state index < -0.39 is 0 Å². The Balaban J connectivity index is 1.82. The molecule has 25 heavy (non-hydrogen) atoms. The SMILES string of the molecule is CNc1cc(N=Cc2ccncc2)cc(NC(=O)c2ccncc2)c1. The van der Waals surface area contributed by atoms with Gasteiger partial charge in [0.05, 0.1) is 5.69 Å². The minimum atomic E-state index is -0.195. The highest BCUT2D eigenvalue weighted by Gasteiger charge is 2.07. The fraction of sp³-hybridized carbons (Fsp3) is 0.0526. The Hall–Kier alpha value is -3.54. The molecule has 0 saturated heterocycles. The molecule has 0 fully saturated rings. The summed E-state index contributed by atoms with van der Waals surface area (Å²) in [4.78, 5) is 24.7. The minimum absolute atomic E-state index is 0.195. The number of rotatable bonds is 5. The van der Waals surface area contributed by atoms with Gasteiger partial charge in [-0.15, -0.1) is 0 Å². The lowest BCUT2D eigenvalue weighted by molar-refractivity contribution is 0.102. The number of carbonyl (C=O) groups is 1. The van der Waals surface area contributed by atoms with E-state index in [1.807, 2.05) is 37.4 Å². The molecule has 0 aliphatic carbocycles.